The molecule has 2 aromatic carbocycles. The SMILES string of the molecule is Cc1cc(C)cc(NC(=O)c2ccc(Nc3ncc(C)c(-c4ccncc4)n3)cc2)c1. The van der Waals surface area contributed by atoms with E-state index in [2.05, 4.69) is 31.7 Å². The Balaban J connectivity index is 1.48. The molecule has 0 atom stereocenters. The number of pyridine rings is 1. The maximum absolute atomic E-state index is 12.6. The van der Waals surface area contributed by atoms with E-state index in [0.717, 1.165) is 39.3 Å². The van der Waals surface area contributed by atoms with Crippen molar-refractivity contribution in [3.05, 3.63) is 95.4 Å². The van der Waals surface area contributed by atoms with E-state index in [1.54, 1.807) is 30.7 Å². The van der Waals surface area contributed by atoms with Crippen molar-refractivity contribution in [2.24, 2.45) is 0 Å². The molecule has 0 bridgehead atoms. The van der Waals surface area contributed by atoms with Crippen LogP contribution in [0.1, 0.15) is 27.0 Å². The van der Waals surface area contributed by atoms with Crippen LogP contribution in [0.15, 0.2) is 73.2 Å². The molecule has 0 aliphatic carbocycles. The van der Waals surface area contributed by atoms with Crippen molar-refractivity contribution in [3.8, 4) is 11.3 Å². The third-order valence-corrected chi connectivity index (χ3v) is 4.81. The number of nitrogens with one attached hydrogen (secondary N) is 2. The molecule has 0 unspecified atom stereocenters. The van der Waals surface area contributed by atoms with Gasteiger partial charge in [0.25, 0.3) is 5.91 Å². The molecule has 0 fully saturated rings. The zero-order valence-corrected chi connectivity index (χ0v) is 17.7. The lowest BCUT2D eigenvalue weighted by Crippen LogP contribution is -2.12. The van der Waals surface area contributed by atoms with Crippen LogP contribution in [0.3, 0.4) is 0 Å². The van der Waals surface area contributed by atoms with Gasteiger partial charge in [0.05, 0.1) is 5.69 Å². The highest BCUT2D eigenvalue weighted by Gasteiger charge is 2.09. The van der Waals surface area contributed by atoms with Gasteiger partial charge in [0, 0.05) is 41.1 Å². The van der Waals surface area contributed by atoms with Gasteiger partial charge in [0.1, 0.15) is 0 Å². The standard InChI is InChI=1S/C25H23N5O/c1-16-12-17(2)14-22(13-16)28-24(31)20-4-6-21(7-5-20)29-25-27-15-18(3)23(30-25)19-8-10-26-11-9-19/h4-15H,1-3H3,(H,28,31)(H,27,29,30). The third kappa shape index (κ3) is 4.93. The van der Waals surface area contributed by atoms with Crippen molar-refractivity contribution in [2.75, 3.05) is 10.6 Å². The third-order valence-electron chi connectivity index (χ3n) is 4.81. The summed E-state index contributed by atoms with van der Waals surface area (Å²) in [6.07, 6.45) is 5.27. The monoisotopic (exact) mass is 409 g/mol. The van der Waals surface area contributed by atoms with Crippen molar-refractivity contribution >= 4 is 23.2 Å². The number of aryl methyl sites for hydroxylation is 3. The summed E-state index contributed by atoms with van der Waals surface area (Å²) >= 11 is 0. The number of hydrogen-bond acceptors (Lipinski definition) is 5. The summed E-state index contributed by atoms with van der Waals surface area (Å²) in [6, 6.07) is 17.0. The van der Waals surface area contributed by atoms with Crippen molar-refractivity contribution in [2.45, 2.75) is 20.8 Å². The van der Waals surface area contributed by atoms with E-state index in [9.17, 15) is 4.79 Å². The lowest BCUT2D eigenvalue weighted by Gasteiger charge is -2.10. The Kier molecular flexibility index (Phi) is 5.71. The van der Waals surface area contributed by atoms with Crippen LogP contribution in [-0.4, -0.2) is 20.9 Å². The first-order chi connectivity index (χ1) is 15.0. The van der Waals surface area contributed by atoms with Crippen LogP contribution in [0.25, 0.3) is 11.3 Å². The highest BCUT2D eigenvalue weighted by atomic mass is 16.1. The fourth-order valence-corrected chi connectivity index (χ4v) is 3.39. The summed E-state index contributed by atoms with van der Waals surface area (Å²) in [5.41, 5.74) is 7.20. The lowest BCUT2D eigenvalue weighted by molar-refractivity contribution is 0.102. The molecule has 4 rings (SSSR count). The highest BCUT2D eigenvalue weighted by Crippen LogP contribution is 2.23. The molecule has 1 amide bonds. The van der Waals surface area contributed by atoms with E-state index in [1.807, 2.05) is 57.2 Å². The number of carbonyl (C=O) groups excluding carboxylic acids is 1. The zero-order valence-electron chi connectivity index (χ0n) is 17.7. The van der Waals surface area contributed by atoms with E-state index in [4.69, 9.17) is 0 Å². The van der Waals surface area contributed by atoms with Crippen LogP contribution in [0, 0.1) is 20.8 Å². The summed E-state index contributed by atoms with van der Waals surface area (Å²) < 4.78 is 0. The Morgan fingerprint density at radius 2 is 1.52 bits per heavy atom. The number of nitrogens with zero attached hydrogens (tertiary/aromatic N) is 3. The Morgan fingerprint density at radius 1 is 0.839 bits per heavy atom. The Morgan fingerprint density at radius 3 is 2.19 bits per heavy atom. The zero-order chi connectivity index (χ0) is 21.8. The summed E-state index contributed by atoms with van der Waals surface area (Å²) in [6.45, 7) is 6.00. The fourth-order valence-electron chi connectivity index (χ4n) is 3.39. The topological polar surface area (TPSA) is 79.8 Å². The molecule has 2 N–H and O–H groups in total. The quantitative estimate of drug-likeness (QED) is 0.457. The first-order valence-electron chi connectivity index (χ1n) is 9.99. The molecule has 154 valence electrons. The molecule has 0 saturated carbocycles. The number of carbonyl (C=O) groups is 1. The van der Waals surface area contributed by atoms with Crippen molar-refractivity contribution in [1.82, 2.24) is 15.0 Å². The van der Waals surface area contributed by atoms with Gasteiger partial charge in [-0.05, 0) is 86.0 Å². The highest BCUT2D eigenvalue weighted by molar-refractivity contribution is 6.04. The van der Waals surface area contributed by atoms with E-state index < -0.39 is 0 Å². The molecule has 0 aliphatic heterocycles. The van der Waals surface area contributed by atoms with Crippen LogP contribution in [-0.2, 0) is 0 Å². The number of rotatable bonds is 5. The summed E-state index contributed by atoms with van der Waals surface area (Å²) in [4.78, 5) is 25.7. The lowest BCUT2D eigenvalue weighted by atomic mass is 10.1. The first kappa shape index (κ1) is 20.2. The first-order valence-corrected chi connectivity index (χ1v) is 9.99. The van der Waals surface area contributed by atoms with Gasteiger partial charge in [0.15, 0.2) is 0 Å². The van der Waals surface area contributed by atoms with Crippen molar-refractivity contribution < 1.29 is 4.79 Å². The summed E-state index contributed by atoms with van der Waals surface area (Å²) in [5.74, 6) is 0.341. The molecular weight excluding hydrogens is 386 g/mol. The van der Waals surface area contributed by atoms with Crippen LogP contribution < -0.4 is 10.6 Å². The predicted molar refractivity (Wildman–Crippen MR) is 124 cm³/mol. The Labute approximate surface area is 181 Å². The van der Waals surface area contributed by atoms with Gasteiger partial charge in [-0.1, -0.05) is 6.07 Å². The molecule has 4 aromatic rings. The van der Waals surface area contributed by atoms with Gasteiger partial charge >= 0.3 is 0 Å². The normalized spacial score (nSPS) is 10.5. The van der Waals surface area contributed by atoms with Gasteiger partial charge in [-0.3, -0.25) is 9.78 Å². The molecule has 0 saturated heterocycles. The van der Waals surface area contributed by atoms with Crippen molar-refractivity contribution in [1.29, 1.82) is 0 Å². The maximum atomic E-state index is 12.6. The minimum absolute atomic E-state index is 0.150. The van der Waals surface area contributed by atoms with Crippen LogP contribution in [0.4, 0.5) is 17.3 Å². The molecule has 6 nitrogen and oxygen atoms in total. The van der Waals surface area contributed by atoms with E-state index in [0.29, 0.717) is 11.5 Å². The van der Waals surface area contributed by atoms with Crippen LogP contribution in [0.5, 0.6) is 0 Å². The number of aromatic nitrogens is 3. The minimum Gasteiger partial charge on any atom is -0.324 e. The average molecular weight is 409 g/mol. The van der Waals surface area contributed by atoms with Crippen molar-refractivity contribution in [3.63, 3.8) is 0 Å². The van der Waals surface area contributed by atoms with Gasteiger partial charge in [-0.2, -0.15) is 0 Å². The average Bonchev–Trinajstić information content (AvgIpc) is 2.75. The van der Waals surface area contributed by atoms with E-state index >= 15 is 0 Å². The van der Waals surface area contributed by atoms with Crippen LogP contribution in [0.2, 0.25) is 0 Å². The van der Waals surface area contributed by atoms with Gasteiger partial charge in [-0.15, -0.1) is 0 Å². The fraction of sp³-hybridized carbons (Fsp3) is 0.120. The largest absolute Gasteiger partial charge is 0.324 e. The smallest absolute Gasteiger partial charge is 0.255 e. The molecule has 0 spiro atoms. The predicted octanol–water partition coefficient (Wildman–Crippen LogP) is 5.46. The number of anilines is 3. The summed E-state index contributed by atoms with van der Waals surface area (Å²) in [7, 11) is 0. The molecule has 6 heteroatoms. The molecular formula is C25H23N5O. The minimum atomic E-state index is -0.150. The second-order valence-electron chi connectivity index (χ2n) is 7.49. The number of amides is 1. The molecule has 31 heavy (non-hydrogen) atoms. The Bertz CT molecular complexity index is 1200. The summed E-state index contributed by atoms with van der Waals surface area (Å²) in [5, 5.41) is 6.15. The molecule has 2 aromatic heterocycles. The molecule has 0 radical (unpaired) electrons. The van der Waals surface area contributed by atoms with Gasteiger partial charge in [-0.25, -0.2) is 9.97 Å². The van der Waals surface area contributed by atoms with Crippen LogP contribution >= 0.6 is 0 Å². The molecule has 2 heterocycles. The van der Waals surface area contributed by atoms with E-state index in [-0.39, 0.29) is 5.91 Å². The second-order valence-corrected chi connectivity index (χ2v) is 7.49. The number of hydrogen-bond donors (Lipinski definition) is 2. The Hall–Kier alpha value is -4.06. The van der Waals surface area contributed by atoms with Gasteiger partial charge in [0.2, 0.25) is 5.95 Å². The van der Waals surface area contributed by atoms with E-state index in [1.165, 1.54) is 0 Å². The second kappa shape index (κ2) is 8.75. The maximum Gasteiger partial charge on any atom is 0.255 e. The molecule has 0 aliphatic rings. The number of benzene rings is 2. The van der Waals surface area contributed by atoms with Gasteiger partial charge < -0.3 is 10.6 Å².